The molecule has 1 atom stereocenters. The van der Waals surface area contributed by atoms with E-state index in [4.69, 9.17) is 5.73 Å². The molecule has 0 spiro atoms. The molecule has 78 valence electrons. The van der Waals surface area contributed by atoms with E-state index in [1.165, 1.54) is 4.88 Å². The van der Waals surface area contributed by atoms with Gasteiger partial charge in [0.2, 0.25) is 5.91 Å². The van der Waals surface area contributed by atoms with Gasteiger partial charge in [-0.1, -0.05) is 6.07 Å². The van der Waals surface area contributed by atoms with Gasteiger partial charge in [-0.15, -0.1) is 11.3 Å². The third kappa shape index (κ3) is 2.82. The molecule has 1 unspecified atom stereocenters. The largest absolute Gasteiger partial charge is 0.342 e. The Morgan fingerprint density at radius 2 is 2.43 bits per heavy atom. The number of nitrogens with zero attached hydrogens (tertiary/aromatic N) is 1. The second-order valence-corrected chi connectivity index (χ2v) is 4.37. The quantitative estimate of drug-likeness (QED) is 0.812. The second kappa shape index (κ2) is 5.12. The molecular weight excluding hydrogens is 196 g/mol. The lowest BCUT2D eigenvalue weighted by Crippen LogP contribution is -2.39. The molecule has 0 saturated carbocycles. The van der Waals surface area contributed by atoms with Gasteiger partial charge in [-0.25, -0.2) is 0 Å². The summed E-state index contributed by atoms with van der Waals surface area (Å²) in [4.78, 5) is 14.3. The van der Waals surface area contributed by atoms with Gasteiger partial charge < -0.3 is 10.6 Å². The van der Waals surface area contributed by atoms with Crippen molar-refractivity contribution in [3.63, 3.8) is 0 Å². The van der Waals surface area contributed by atoms with E-state index in [1.54, 1.807) is 23.3 Å². The van der Waals surface area contributed by atoms with Crippen molar-refractivity contribution in [1.29, 1.82) is 0 Å². The lowest BCUT2D eigenvalue weighted by atomic mass is 10.2. The van der Waals surface area contributed by atoms with Crippen molar-refractivity contribution in [1.82, 2.24) is 4.90 Å². The van der Waals surface area contributed by atoms with Gasteiger partial charge in [-0.2, -0.15) is 0 Å². The molecule has 4 heteroatoms. The van der Waals surface area contributed by atoms with Crippen LogP contribution in [-0.2, 0) is 11.2 Å². The zero-order valence-electron chi connectivity index (χ0n) is 8.56. The molecule has 2 N–H and O–H groups in total. The van der Waals surface area contributed by atoms with Gasteiger partial charge in [-0.3, -0.25) is 4.79 Å². The number of carbonyl (C=O) groups is 1. The van der Waals surface area contributed by atoms with Crippen LogP contribution in [0.2, 0.25) is 0 Å². The summed E-state index contributed by atoms with van der Waals surface area (Å²) in [5.41, 5.74) is 5.30. The molecule has 0 aromatic carbocycles. The molecule has 0 aliphatic rings. The second-order valence-electron chi connectivity index (χ2n) is 3.34. The summed E-state index contributed by atoms with van der Waals surface area (Å²) in [5.74, 6) is -0.00550. The predicted octanol–water partition coefficient (Wildman–Crippen LogP) is 1.10. The molecule has 0 saturated heterocycles. The van der Waals surface area contributed by atoms with E-state index in [9.17, 15) is 4.79 Å². The summed E-state index contributed by atoms with van der Waals surface area (Å²) in [6.45, 7) is 2.12. The monoisotopic (exact) mass is 212 g/mol. The van der Waals surface area contributed by atoms with Crippen LogP contribution >= 0.6 is 11.3 Å². The molecule has 3 nitrogen and oxygen atoms in total. The lowest BCUT2D eigenvalue weighted by Gasteiger charge is -2.23. The van der Waals surface area contributed by atoms with E-state index in [0.29, 0.717) is 0 Å². The van der Waals surface area contributed by atoms with E-state index >= 15 is 0 Å². The molecule has 1 aromatic rings. The summed E-state index contributed by atoms with van der Waals surface area (Å²) < 4.78 is 0. The Labute approximate surface area is 88.5 Å². The maximum absolute atomic E-state index is 11.3. The first-order chi connectivity index (χ1) is 6.65. The van der Waals surface area contributed by atoms with Crippen molar-refractivity contribution in [2.75, 3.05) is 13.6 Å². The van der Waals surface area contributed by atoms with Gasteiger partial charge in [0.25, 0.3) is 0 Å². The number of nitrogens with two attached hydrogens (primary N) is 1. The average molecular weight is 212 g/mol. The molecule has 1 heterocycles. The number of amides is 1. The summed E-state index contributed by atoms with van der Waals surface area (Å²) in [6.07, 6.45) is 0.903. The minimum Gasteiger partial charge on any atom is -0.342 e. The molecule has 0 radical (unpaired) electrons. The Morgan fingerprint density at radius 1 is 1.71 bits per heavy atom. The van der Waals surface area contributed by atoms with Crippen molar-refractivity contribution in [3.8, 4) is 0 Å². The topological polar surface area (TPSA) is 46.3 Å². The first kappa shape index (κ1) is 11.2. The van der Waals surface area contributed by atoms with Crippen LogP contribution < -0.4 is 5.73 Å². The van der Waals surface area contributed by atoms with Gasteiger partial charge in [0, 0.05) is 24.4 Å². The van der Waals surface area contributed by atoms with Crippen LogP contribution in [0.25, 0.3) is 0 Å². The zero-order valence-corrected chi connectivity index (χ0v) is 9.38. The SMILES string of the molecule is CC(Cc1cccs1)N(C)C(=O)CN. The number of hydrogen-bond acceptors (Lipinski definition) is 3. The Bertz CT molecular complexity index is 284. The summed E-state index contributed by atoms with van der Waals surface area (Å²) in [7, 11) is 1.80. The molecule has 1 aromatic heterocycles. The standard InChI is InChI=1S/C10H16N2OS/c1-8(12(2)10(13)7-11)6-9-4-3-5-14-9/h3-5,8H,6-7,11H2,1-2H3. The minimum absolute atomic E-state index is 0.00550. The van der Waals surface area contributed by atoms with Gasteiger partial charge in [0.05, 0.1) is 6.54 Å². The third-order valence-corrected chi connectivity index (χ3v) is 3.20. The Hall–Kier alpha value is -0.870. The molecule has 1 rings (SSSR count). The van der Waals surface area contributed by atoms with Gasteiger partial charge in [0.15, 0.2) is 0 Å². The van der Waals surface area contributed by atoms with Crippen LogP contribution in [0.5, 0.6) is 0 Å². The summed E-state index contributed by atoms with van der Waals surface area (Å²) in [5, 5.41) is 2.05. The first-order valence-corrected chi connectivity index (χ1v) is 5.51. The predicted molar refractivity (Wildman–Crippen MR) is 59.3 cm³/mol. The van der Waals surface area contributed by atoms with Crippen LogP contribution in [0, 0.1) is 0 Å². The molecule has 1 amide bonds. The average Bonchev–Trinajstić information content (AvgIpc) is 2.68. The number of likely N-dealkylation sites (N-methyl/N-ethyl adjacent to an activating group) is 1. The lowest BCUT2D eigenvalue weighted by molar-refractivity contribution is -0.130. The smallest absolute Gasteiger partial charge is 0.236 e. The molecule has 0 aliphatic carbocycles. The van der Waals surface area contributed by atoms with E-state index < -0.39 is 0 Å². The zero-order chi connectivity index (χ0) is 10.6. The van der Waals surface area contributed by atoms with E-state index in [1.807, 2.05) is 18.4 Å². The van der Waals surface area contributed by atoms with Crippen molar-refractivity contribution in [2.24, 2.45) is 5.73 Å². The highest BCUT2D eigenvalue weighted by Gasteiger charge is 2.14. The normalized spacial score (nSPS) is 12.5. The third-order valence-electron chi connectivity index (χ3n) is 2.31. The molecule has 14 heavy (non-hydrogen) atoms. The van der Waals surface area contributed by atoms with Crippen molar-refractivity contribution in [2.45, 2.75) is 19.4 Å². The maximum atomic E-state index is 11.3. The van der Waals surface area contributed by atoms with Gasteiger partial charge >= 0.3 is 0 Å². The van der Waals surface area contributed by atoms with E-state index in [-0.39, 0.29) is 18.5 Å². The Kier molecular flexibility index (Phi) is 4.10. The minimum atomic E-state index is -0.00550. The summed E-state index contributed by atoms with van der Waals surface area (Å²) in [6, 6.07) is 4.32. The highest BCUT2D eigenvalue weighted by atomic mass is 32.1. The Balaban J connectivity index is 2.49. The fourth-order valence-corrected chi connectivity index (χ4v) is 2.07. The van der Waals surface area contributed by atoms with E-state index in [2.05, 4.69) is 6.07 Å². The highest BCUT2D eigenvalue weighted by Crippen LogP contribution is 2.13. The number of thiophene rings is 1. The van der Waals surface area contributed by atoms with Crippen molar-refractivity contribution in [3.05, 3.63) is 22.4 Å². The van der Waals surface area contributed by atoms with Crippen LogP contribution in [0.3, 0.4) is 0 Å². The summed E-state index contributed by atoms with van der Waals surface area (Å²) >= 11 is 1.72. The van der Waals surface area contributed by atoms with Gasteiger partial charge in [0.1, 0.15) is 0 Å². The molecule has 0 aliphatic heterocycles. The number of rotatable bonds is 4. The fourth-order valence-electron chi connectivity index (χ4n) is 1.25. The van der Waals surface area contributed by atoms with Crippen LogP contribution in [0.15, 0.2) is 17.5 Å². The first-order valence-electron chi connectivity index (χ1n) is 4.63. The van der Waals surface area contributed by atoms with Crippen LogP contribution in [-0.4, -0.2) is 30.4 Å². The van der Waals surface area contributed by atoms with Gasteiger partial charge in [-0.05, 0) is 18.4 Å². The fraction of sp³-hybridized carbons (Fsp3) is 0.500. The van der Waals surface area contributed by atoms with Crippen LogP contribution in [0.4, 0.5) is 0 Å². The van der Waals surface area contributed by atoms with Crippen molar-refractivity contribution < 1.29 is 4.79 Å². The van der Waals surface area contributed by atoms with E-state index in [0.717, 1.165) is 6.42 Å². The molecule has 0 bridgehead atoms. The Morgan fingerprint density at radius 3 is 2.93 bits per heavy atom. The molecular formula is C10H16N2OS. The maximum Gasteiger partial charge on any atom is 0.236 e. The highest BCUT2D eigenvalue weighted by molar-refractivity contribution is 7.09. The van der Waals surface area contributed by atoms with Crippen LogP contribution in [0.1, 0.15) is 11.8 Å². The number of hydrogen-bond donors (Lipinski definition) is 1. The molecule has 0 fully saturated rings. The number of carbonyl (C=O) groups excluding carboxylic acids is 1. The van der Waals surface area contributed by atoms with Crippen molar-refractivity contribution >= 4 is 17.2 Å².